The molecule has 2 heterocycles. The largest absolute Gasteiger partial charge is 0.379 e. The number of likely N-dealkylation sites (tertiary alicyclic amines) is 1. The molecule has 1 saturated carbocycles. The van der Waals surface area contributed by atoms with Crippen LogP contribution in [0.4, 0.5) is 0 Å². The van der Waals surface area contributed by atoms with Crippen LogP contribution in [0, 0.1) is 12.3 Å². The summed E-state index contributed by atoms with van der Waals surface area (Å²) in [5.41, 5.74) is 1.66. The maximum absolute atomic E-state index is 10.5. The van der Waals surface area contributed by atoms with Gasteiger partial charge in [0.2, 0.25) is 6.41 Å². The van der Waals surface area contributed by atoms with Crippen molar-refractivity contribution in [3.63, 3.8) is 0 Å². The van der Waals surface area contributed by atoms with Crippen molar-refractivity contribution in [3.8, 4) is 0 Å². The fourth-order valence-corrected chi connectivity index (χ4v) is 3.58. The van der Waals surface area contributed by atoms with Crippen molar-refractivity contribution in [2.75, 3.05) is 20.2 Å². The number of halogens is 1. The minimum absolute atomic E-state index is 0.0417. The highest BCUT2D eigenvalue weighted by Crippen LogP contribution is 2.53. The van der Waals surface area contributed by atoms with Crippen LogP contribution in [0.15, 0.2) is 10.7 Å². The van der Waals surface area contributed by atoms with E-state index in [2.05, 4.69) is 32.6 Å². The molecule has 138 valence electrons. The number of aromatic nitrogens is 2. The minimum Gasteiger partial charge on any atom is -0.379 e. The third-order valence-corrected chi connectivity index (χ3v) is 4.80. The Bertz CT molecular complexity index is 523. The van der Waals surface area contributed by atoms with E-state index in [9.17, 15) is 4.79 Å². The van der Waals surface area contributed by atoms with E-state index in [0.717, 1.165) is 36.9 Å². The molecular weight excluding hydrogens is 370 g/mol. The zero-order valence-corrected chi connectivity index (χ0v) is 17.7. The van der Waals surface area contributed by atoms with Crippen molar-refractivity contribution in [2.45, 2.75) is 66.0 Å². The average Bonchev–Trinajstić information content (AvgIpc) is 2.77. The van der Waals surface area contributed by atoms with Crippen molar-refractivity contribution >= 4 is 22.3 Å². The van der Waals surface area contributed by atoms with Gasteiger partial charge in [0, 0.05) is 31.3 Å². The normalized spacial score (nSPS) is 18.6. The van der Waals surface area contributed by atoms with Gasteiger partial charge in [0.05, 0.1) is 11.6 Å². The van der Waals surface area contributed by atoms with Crippen LogP contribution < -0.4 is 0 Å². The van der Waals surface area contributed by atoms with Crippen molar-refractivity contribution in [2.24, 2.45) is 5.41 Å². The van der Waals surface area contributed by atoms with E-state index in [4.69, 9.17) is 4.74 Å². The Balaban J connectivity index is 0.000000309. The molecule has 0 bridgehead atoms. The Kier molecular flexibility index (Phi) is 7.47. The summed E-state index contributed by atoms with van der Waals surface area (Å²) in [4.78, 5) is 12.4. The summed E-state index contributed by atoms with van der Waals surface area (Å²) >= 11 is 3.40. The molecule has 0 aromatic carbocycles. The van der Waals surface area contributed by atoms with Crippen LogP contribution in [0.2, 0.25) is 0 Å². The lowest BCUT2D eigenvalue weighted by atomic mass is 9.61. The number of hydrogen-bond acceptors (Lipinski definition) is 3. The lowest BCUT2D eigenvalue weighted by Crippen LogP contribution is -2.61. The molecular formula is C18H32BrN3O2. The predicted octanol–water partition coefficient (Wildman–Crippen LogP) is 4.20. The van der Waals surface area contributed by atoms with E-state index in [1.165, 1.54) is 5.69 Å². The Hall–Kier alpha value is -0.880. The van der Waals surface area contributed by atoms with Gasteiger partial charge in [0.15, 0.2) is 0 Å². The first-order valence-electron chi connectivity index (χ1n) is 8.64. The van der Waals surface area contributed by atoms with Gasteiger partial charge in [0.25, 0.3) is 0 Å². The van der Waals surface area contributed by atoms with Gasteiger partial charge in [-0.15, -0.1) is 0 Å². The Morgan fingerprint density at radius 1 is 1.33 bits per heavy atom. The topological polar surface area (TPSA) is 47.4 Å². The fourth-order valence-electron chi connectivity index (χ4n) is 3.08. The third-order valence-electron chi connectivity index (χ3n) is 4.41. The van der Waals surface area contributed by atoms with Crippen molar-refractivity contribution in [3.05, 3.63) is 16.4 Å². The van der Waals surface area contributed by atoms with E-state index in [1.54, 1.807) is 7.11 Å². The molecule has 2 aliphatic rings. The monoisotopic (exact) mass is 401 g/mol. The minimum atomic E-state index is 0.0417. The van der Waals surface area contributed by atoms with Crippen LogP contribution in [0.3, 0.4) is 0 Å². The summed E-state index contributed by atoms with van der Waals surface area (Å²) in [6, 6.07) is 2.57. The molecule has 3 rings (SSSR count). The fraction of sp³-hybridized carbons (Fsp3) is 0.778. The summed E-state index contributed by atoms with van der Waals surface area (Å²) < 4.78 is 7.96. The van der Waals surface area contributed by atoms with Gasteiger partial charge in [-0.3, -0.25) is 9.48 Å². The number of methoxy groups -OCH3 is 1. The highest BCUT2D eigenvalue weighted by Gasteiger charge is 2.53. The van der Waals surface area contributed by atoms with E-state index < -0.39 is 0 Å². The maximum Gasteiger partial charge on any atom is 0.209 e. The smallest absolute Gasteiger partial charge is 0.209 e. The summed E-state index contributed by atoms with van der Waals surface area (Å²) in [7, 11) is 1.71. The number of ether oxygens (including phenoxy) is 1. The molecule has 0 N–H and O–H groups in total. The molecule has 1 aromatic rings. The Morgan fingerprint density at radius 3 is 2.17 bits per heavy atom. The molecule has 1 aromatic heterocycles. The zero-order chi connectivity index (χ0) is 18.5. The first kappa shape index (κ1) is 21.2. The van der Waals surface area contributed by atoms with Crippen LogP contribution in [0.5, 0.6) is 0 Å². The summed E-state index contributed by atoms with van der Waals surface area (Å²) in [5.74, 6) is 0. The van der Waals surface area contributed by atoms with Crippen LogP contribution >= 0.6 is 15.9 Å². The summed E-state index contributed by atoms with van der Waals surface area (Å²) in [6.45, 7) is 14.0. The average molecular weight is 402 g/mol. The highest BCUT2D eigenvalue weighted by atomic mass is 79.9. The van der Waals surface area contributed by atoms with Crippen LogP contribution in [0.25, 0.3) is 0 Å². The Labute approximate surface area is 154 Å². The molecule has 0 atom stereocenters. The third kappa shape index (κ3) is 5.31. The number of carbonyl (C=O) groups is 1. The maximum atomic E-state index is 10.5. The molecule has 24 heavy (non-hydrogen) atoms. The van der Waals surface area contributed by atoms with Crippen molar-refractivity contribution < 1.29 is 9.53 Å². The van der Waals surface area contributed by atoms with Crippen LogP contribution in [-0.4, -0.2) is 46.9 Å². The van der Waals surface area contributed by atoms with Gasteiger partial charge in [-0.2, -0.15) is 5.10 Å². The molecule has 1 amide bonds. The second kappa shape index (κ2) is 8.48. The van der Waals surface area contributed by atoms with Crippen molar-refractivity contribution in [1.29, 1.82) is 0 Å². The van der Waals surface area contributed by atoms with E-state index in [1.807, 2.05) is 45.6 Å². The quantitative estimate of drug-likeness (QED) is 0.697. The molecule has 1 aliphatic carbocycles. The standard InChI is InChI=1S/C11H14BrN3O.C5H12O.C2H6/c1-8-2-10(12)13-15(8)9-3-11(4-9)5-14(6-11)7-16;1-5(2,3)6-4;1-2/h2,7,9H,3-6H2,1H3;1-4H3;1-2H3. The highest BCUT2D eigenvalue weighted by molar-refractivity contribution is 9.10. The van der Waals surface area contributed by atoms with E-state index in [-0.39, 0.29) is 5.60 Å². The van der Waals surface area contributed by atoms with Gasteiger partial charge < -0.3 is 9.64 Å². The number of amides is 1. The summed E-state index contributed by atoms with van der Waals surface area (Å²) in [6.07, 6.45) is 3.27. The lowest BCUT2D eigenvalue weighted by Gasteiger charge is -2.58. The second-order valence-electron chi connectivity index (χ2n) is 7.44. The van der Waals surface area contributed by atoms with E-state index >= 15 is 0 Å². The van der Waals surface area contributed by atoms with Gasteiger partial charge in [-0.25, -0.2) is 0 Å². The lowest BCUT2D eigenvalue weighted by molar-refractivity contribution is -0.140. The van der Waals surface area contributed by atoms with Crippen molar-refractivity contribution in [1.82, 2.24) is 14.7 Å². The van der Waals surface area contributed by atoms with Crippen LogP contribution in [0.1, 0.15) is 59.2 Å². The number of carbonyl (C=O) groups excluding carboxylic acids is 1. The van der Waals surface area contributed by atoms with Gasteiger partial charge in [-0.1, -0.05) is 13.8 Å². The molecule has 5 nitrogen and oxygen atoms in total. The van der Waals surface area contributed by atoms with Crippen LogP contribution in [-0.2, 0) is 9.53 Å². The SMILES string of the molecule is CC.COC(C)(C)C.Cc1cc(Br)nn1C1CC2(C1)CN(C=O)C2. The number of rotatable bonds is 2. The number of nitrogens with zero attached hydrogens (tertiary/aromatic N) is 3. The van der Waals surface area contributed by atoms with Gasteiger partial charge in [0.1, 0.15) is 4.60 Å². The van der Waals surface area contributed by atoms with Gasteiger partial charge in [-0.05, 0) is 62.5 Å². The Morgan fingerprint density at radius 2 is 1.83 bits per heavy atom. The molecule has 1 saturated heterocycles. The molecule has 0 radical (unpaired) electrons. The zero-order valence-electron chi connectivity index (χ0n) is 16.1. The van der Waals surface area contributed by atoms with E-state index in [0.29, 0.717) is 11.5 Å². The molecule has 2 fully saturated rings. The molecule has 1 spiro atoms. The predicted molar refractivity (Wildman–Crippen MR) is 101 cm³/mol. The molecule has 0 unspecified atom stereocenters. The first-order chi connectivity index (χ1) is 11.2. The van der Waals surface area contributed by atoms with Gasteiger partial charge >= 0.3 is 0 Å². The second-order valence-corrected chi connectivity index (χ2v) is 8.25. The summed E-state index contributed by atoms with van der Waals surface area (Å²) in [5, 5.41) is 4.45. The first-order valence-corrected chi connectivity index (χ1v) is 9.43. The molecule has 6 heteroatoms. The number of hydrogen-bond donors (Lipinski definition) is 0. The number of aryl methyl sites for hydroxylation is 1. The molecule has 1 aliphatic heterocycles.